The first-order valence-electron chi connectivity index (χ1n) is 6.09. The van der Waals surface area contributed by atoms with Crippen LogP contribution in [-0.4, -0.2) is 17.4 Å². The number of fused-ring (bicyclic) bond motifs is 3. The molecule has 3 rings (SSSR count). The minimum absolute atomic E-state index is 0.320. The van der Waals surface area contributed by atoms with E-state index >= 15 is 0 Å². The molecule has 0 saturated carbocycles. The molecule has 0 radical (unpaired) electrons. The lowest BCUT2D eigenvalue weighted by atomic mass is 10.1. The van der Waals surface area contributed by atoms with Gasteiger partial charge in [0.15, 0.2) is 0 Å². The Morgan fingerprint density at radius 1 is 1.00 bits per heavy atom. The Labute approximate surface area is 107 Å². The van der Waals surface area contributed by atoms with Gasteiger partial charge in [-0.05, 0) is 18.1 Å². The van der Waals surface area contributed by atoms with Crippen LogP contribution >= 0.6 is 7.14 Å². The number of benzene rings is 2. The summed E-state index contributed by atoms with van der Waals surface area (Å²) in [5.41, 5.74) is 2.11. The second-order valence-corrected chi connectivity index (χ2v) is 7.61. The summed E-state index contributed by atoms with van der Waals surface area (Å²) in [5, 5.41) is 11.4. The Morgan fingerprint density at radius 2 is 1.44 bits per heavy atom. The first-order chi connectivity index (χ1) is 8.63. The van der Waals surface area contributed by atoms with Crippen LogP contribution < -0.4 is 10.6 Å². The summed E-state index contributed by atoms with van der Waals surface area (Å²) in [7, 11) is -2.66. The maximum Gasteiger partial charge on any atom is 0.146 e. The number of aliphatic hydroxyl groups excluding tert-OH is 1. The molecule has 3 heteroatoms. The average molecular weight is 258 g/mol. The van der Waals surface area contributed by atoms with E-state index in [1.54, 1.807) is 6.92 Å². The molecule has 1 aliphatic heterocycles. The van der Waals surface area contributed by atoms with Crippen molar-refractivity contribution in [3.63, 3.8) is 0 Å². The predicted molar refractivity (Wildman–Crippen MR) is 75.3 cm³/mol. The van der Waals surface area contributed by atoms with Gasteiger partial charge in [0.1, 0.15) is 7.14 Å². The van der Waals surface area contributed by atoms with Gasteiger partial charge in [-0.25, -0.2) is 0 Å². The van der Waals surface area contributed by atoms with Crippen LogP contribution in [0.3, 0.4) is 0 Å². The third-order valence-corrected chi connectivity index (χ3v) is 6.78. The highest BCUT2D eigenvalue weighted by atomic mass is 31.2. The van der Waals surface area contributed by atoms with Gasteiger partial charge < -0.3 is 9.67 Å². The monoisotopic (exact) mass is 258 g/mol. The topological polar surface area (TPSA) is 37.3 Å². The molecule has 0 saturated heterocycles. The molecule has 0 bridgehead atoms. The van der Waals surface area contributed by atoms with Gasteiger partial charge in [-0.15, -0.1) is 0 Å². The molecule has 0 spiro atoms. The fourth-order valence-electron chi connectivity index (χ4n) is 2.73. The molecule has 0 aromatic heterocycles. The van der Waals surface area contributed by atoms with Gasteiger partial charge in [0.25, 0.3) is 0 Å². The zero-order chi connectivity index (χ0) is 12.8. The van der Waals surface area contributed by atoms with E-state index in [0.717, 1.165) is 21.7 Å². The highest BCUT2D eigenvalue weighted by molar-refractivity contribution is 7.80. The lowest BCUT2D eigenvalue weighted by Crippen LogP contribution is -2.19. The van der Waals surface area contributed by atoms with Gasteiger partial charge in [0.05, 0.1) is 6.10 Å². The quantitative estimate of drug-likeness (QED) is 0.840. The summed E-state index contributed by atoms with van der Waals surface area (Å²) in [6.45, 7) is 1.70. The lowest BCUT2D eigenvalue weighted by molar-refractivity contribution is 0.218. The summed E-state index contributed by atoms with van der Waals surface area (Å²) < 4.78 is 13.3. The SMILES string of the molecule is CC(O)CP1(=O)c2ccccc2-c2ccccc21. The second kappa shape index (κ2) is 4.08. The molecule has 1 heterocycles. The minimum Gasteiger partial charge on any atom is -0.393 e. The van der Waals surface area contributed by atoms with E-state index in [4.69, 9.17) is 0 Å². The van der Waals surface area contributed by atoms with Crippen LogP contribution in [0.5, 0.6) is 0 Å². The van der Waals surface area contributed by atoms with Crippen LogP contribution in [0.4, 0.5) is 0 Å². The Morgan fingerprint density at radius 3 is 1.89 bits per heavy atom. The molecule has 1 unspecified atom stereocenters. The fourth-order valence-corrected chi connectivity index (χ4v) is 5.95. The van der Waals surface area contributed by atoms with Crippen LogP contribution in [0.1, 0.15) is 6.92 Å². The molecule has 0 fully saturated rings. The molecule has 2 aromatic rings. The number of aliphatic hydroxyl groups is 1. The standard InChI is InChI=1S/C15H15O2P/c1-11(16)10-18(17)14-8-4-2-6-12(14)13-7-3-5-9-15(13)18/h2-9,11,16H,10H2,1H3. The van der Waals surface area contributed by atoms with Crippen molar-refractivity contribution in [2.45, 2.75) is 13.0 Å². The van der Waals surface area contributed by atoms with Crippen molar-refractivity contribution in [3.05, 3.63) is 48.5 Å². The summed E-state index contributed by atoms with van der Waals surface area (Å²) in [4.78, 5) is 0. The number of hydrogen-bond donors (Lipinski definition) is 1. The lowest BCUT2D eigenvalue weighted by Gasteiger charge is -2.16. The predicted octanol–water partition coefficient (Wildman–Crippen LogP) is 2.36. The third kappa shape index (κ3) is 1.57. The van der Waals surface area contributed by atoms with E-state index in [9.17, 15) is 9.67 Å². The molecule has 2 nitrogen and oxygen atoms in total. The highest BCUT2D eigenvalue weighted by Gasteiger charge is 2.38. The van der Waals surface area contributed by atoms with Crippen molar-refractivity contribution >= 4 is 17.8 Å². The van der Waals surface area contributed by atoms with E-state index in [1.807, 2.05) is 48.5 Å². The zero-order valence-corrected chi connectivity index (χ0v) is 11.1. The second-order valence-electron chi connectivity index (χ2n) is 4.81. The number of hydrogen-bond acceptors (Lipinski definition) is 2. The van der Waals surface area contributed by atoms with Crippen molar-refractivity contribution in [3.8, 4) is 11.1 Å². The summed E-state index contributed by atoms with van der Waals surface area (Å²) in [6.07, 6.45) is -0.240. The van der Waals surface area contributed by atoms with E-state index in [-0.39, 0.29) is 0 Å². The Balaban J connectivity index is 2.30. The molecular weight excluding hydrogens is 243 g/mol. The van der Waals surface area contributed by atoms with Crippen LogP contribution in [-0.2, 0) is 4.57 Å². The molecule has 0 aliphatic carbocycles. The van der Waals surface area contributed by atoms with E-state index in [1.165, 1.54) is 0 Å². The molecule has 0 amide bonds. The van der Waals surface area contributed by atoms with Crippen LogP contribution in [0.2, 0.25) is 0 Å². The first-order valence-corrected chi connectivity index (χ1v) is 7.99. The molecule has 1 N–H and O–H groups in total. The van der Waals surface area contributed by atoms with E-state index < -0.39 is 13.2 Å². The average Bonchev–Trinajstić information content (AvgIpc) is 2.61. The van der Waals surface area contributed by atoms with Gasteiger partial charge in [-0.2, -0.15) is 0 Å². The van der Waals surface area contributed by atoms with Gasteiger partial charge in [-0.1, -0.05) is 48.5 Å². The van der Waals surface area contributed by atoms with E-state index in [2.05, 4.69) is 0 Å². The maximum absolute atomic E-state index is 13.3. The first kappa shape index (κ1) is 11.7. The Hall–Kier alpha value is -1.37. The smallest absolute Gasteiger partial charge is 0.146 e. The third-order valence-electron chi connectivity index (χ3n) is 3.40. The zero-order valence-electron chi connectivity index (χ0n) is 10.2. The fraction of sp³-hybridized carbons (Fsp3) is 0.200. The van der Waals surface area contributed by atoms with Crippen molar-refractivity contribution in [1.29, 1.82) is 0 Å². The molecular formula is C15H15O2P. The number of rotatable bonds is 2. The highest BCUT2D eigenvalue weighted by Crippen LogP contribution is 2.52. The minimum atomic E-state index is -2.66. The van der Waals surface area contributed by atoms with Crippen molar-refractivity contribution in [1.82, 2.24) is 0 Å². The molecule has 1 atom stereocenters. The normalized spacial score (nSPS) is 17.0. The molecule has 18 heavy (non-hydrogen) atoms. The van der Waals surface area contributed by atoms with Gasteiger partial charge in [-0.3, -0.25) is 0 Å². The summed E-state index contributed by atoms with van der Waals surface area (Å²) in [5.74, 6) is 0. The van der Waals surface area contributed by atoms with Crippen LogP contribution in [0, 0.1) is 0 Å². The largest absolute Gasteiger partial charge is 0.393 e. The van der Waals surface area contributed by atoms with Crippen LogP contribution in [0.25, 0.3) is 11.1 Å². The van der Waals surface area contributed by atoms with E-state index in [0.29, 0.717) is 6.16 Å². The Bertz CT molecular complexity index is 597. The van der Waals surface area contributed by atoms with Gasteiger partial charge >= 0.3 is 0 Å². The molecule has 2 aromatic carbocycles. The summed E-state index contributed by atoms with van der Waals surface area (Å²) >= 11 is 0. The van der Waals surface area contributed by atoms with Crippen LogP contribution in [0.15, 0.2) is 48.5 Å². The van der Waals surface area contributed by atoms with Gasteiger partial charge in [0.2, 0.25) is 0 Å². The summed E-state index contributed by atoms with van der Waals surface area (Å²) in [6, 6.07) is 15.6. The van der Waals surface area contributed by atoms with Crippen molar-refractivity contribution in [2.75, 3.05) is 6.16 Å². The Kier molecular flexibility index (Phi) is 2.65. The van der Waals surface area contributed by atoms with Gasteiger partial charge in [0, 0.05) is 16.8 Å². The maximum atomic E-state index is 13.3. The molecule has 1 aliphatic rings. The van der Waals surface area contributed by atoms with Crippen molar-refractivity contribution in [2.24, 2.45) is 0 Å². The van der Waals surface area contributed by atoms with Crippen molar-refractivity contribution < 1.29 is 9.67 Å². The molecule has 92 valence electrons.